The van der Waals surface area contributed by atoms with Gasteiger partial charge in [0.05, 0.1) is 6.61 Å². The maximum Gasteiger partial charge on any atom is 0.127 e. The van der Waals surface area contributed by atoms with Crippen molar-refractivity contribution in [2.75, 3.05) is 13.7 Å². The molecule has 13 heavy (non-hydrogen) atoms. The van der Waals surface area contributed by atoms with Crippen LogP contribution in [0, 0.1) is 0 Å². The van der Waals surface area contributed by atoms with Gasteiger partial charge in [-0.2, -0.15) is 0 Å². The van der Waals surface area contributed by atoms with E-state index in [9.17, 15) is 0 Å². The summed E-state index contributed by atoms with van der Waals surface area (Å²) in [5, 5.41) is 3.23. The lowest BCUT2D eigenvalue weighted by atomic mass is 10.0. The van der Waals surface area contributed by atoms with Crippen LogP contribution in [0.5, 0.6) is 5.75 Å². The van der Waals surface area contributed by atoms with Crippen LogP contribution in [0.15, 0.2) is 18.2 Å². The highest BCUT2D eigenvalue weighted by molar-refractivity contribution is 5.45. The number of benzene rings is 1. The molecular weight excluding hydrogens is 162 g/mol. The highest BCUT2D eigenvalue weighted by atomic mass is 16.5. The molecule has 0 saturated carbocycles. The van der Waals surface area contributed by atoms with Crippen LogP contribution in [-0.2, 0) is 6.42 Å². The molecule has 1 atom stereocenters. The fourth-order valence-corrected chi connectivity index (χ4v) is 1.74. The van der Waals surface area contributed by atoms with Crippen molar-refractivity contribution in [3.05, 3.63) is 29.3 Å². The topological polar surface area (TPSA) is 21.3 Å². The second-order valence-corrected chi connectivity index (χ2v) is 3.44. The molecule has 0 aliphatic carbocycles. The summed E-state index contributed by atoms with van der Waals surface area (Å²) in [4.78, 5) is 0. The summed E-state index contributed by atoms with van der Waals surface area (Å²) in [6.07, 6.45) is 1.06. The Bertz CT molecular complexity index is 309. The van der Waals surface area contributed by atoms with E-state index in [-0.39, 0.29) is 0 Å². The molecule has 2 rings (SSSR count). The first-order valence-electron chi connectivity index (χ1n) is 4.75. The monoisotopic (exact) mass is 177 g/mol. The summed E-state index contributed by atoms with van der Waals surface area (Å²) in [6, 6.07) is 6.75. The minimum atomic E-state index is 0.369. The van der Waals surface area contributed by atoms with E-state index >= 15 is 0 Å². The smallest absolute Gasteiger partial charge is 0.127 e. The van der Waals surface area contributed by atoms with Crippen LogP contribution in [0.3, 0.4) is 0 Å². The molecule has 2 heteroatoms. The highest BCUT2D eigenvalue weighted by Crippen LogP contribution is 2.32. The van der Waals surface area contributed by atoms with Gasteiger partial charge < -0.3 is 10.1 Å². The van der Waals surface area contributed by atoms with Gasteiger partial charge in [0, 0.05) is 18.0 Å². The average molecular weight is 177 g/mol. The van der Waals surface area contributed by atoms with E-state index in [2.05, 4.69) is 30.4 Å². The van der Waals surface area contributed by atoms with E-state index in [1.165, 1.54) is 11.1 Å². The van der Waals surface area contributed by atoms with Gasteiger partial charge in [-0.3, -0.25) is 0 Å². The molecule has 0 saturated heterocycles. The van der Waals surface area contributed by atoms with Crippen LogP contribution in [0.4, 0.5) is 0 Å². The third-order valence-electron chi connectivity index (χ3n) is 2.64. The van der Waals surface area contributed by atoms with Crippen molar-refractivity contribution in [3.8, 4) is 5.75 Å². The quantitative estimate of drug-likeness (QED) is 0.745. The van der Waals surface area contributed by atoms with Gasteiger partial charge in [-0.15, -0.1) is 0 Å². The molecule has 1 aliphatic rings. The Kier molecular flexibility index (Phi) is 2.23. The van der Waals surface area contributed by atoms with E-state index in [0.717, 1.165) is 18.8 Å². The summed E-state index contributed by atoms with van der Waals surface area (Å²) in [5.41, 5.74) is 2.62. The zero-order chi connectivity index (χ0) is 9.26. The van der Waals surface area contributed by atoms with Crippen LogP contribution in [0.2, 0.25) is 0 Å². The normalized spacial score (nSPS) is 16.5. The van der Waals surface area contributed by atoms with Gasteiger partial charge in [0.2, 0.25) is 0 Å². The zero-order valence-electron chi connectivity index (χ0n) is 8.13. The Labute approximate surface area is 78.9 Å². The lowest BCUT2D eigenvalue weighted by molar-refractivity contribution is 0.350. The van der Waals surface area contributed by atoms with Crippen LogP contribution < -0.4 is 10.1 Å². The van der Waals surface area contributed by atoms with Crippen LogP contribution in [-0.4, -0.2) is 13.7 Å². The zero-order valence-corrected chi connectivity index (χ0v) is 8.13. The van der Waals surface area contributed by atoms with Crippen molar-refractivity contribution in [3.63, 3.8) is 0 Å². The predicted octanol–water partition coefficient (Wildman–Crippen LogP) is 1.90. The number of rotatable bonds is 2. The average Bonchev–Trinajstić information content (AvgIpc) is 2.63. The second kappa shape index (κ2) is 3.38. The van der Waals surface area contributed by atoms with Gasteiger partial charge in [0.1, 0.15) is 5.75 Å². The Balaban J connectivity index is 2.41. The van der Waals surface area contributed by atoms with Gasteiger partial charge in [-0.05, 0) is 19.5 Å². The fourth-order valence-electron chi connectivity index (χ4n) is 1.74. The molecule has 0 radical (unpaired) electrons. The number of ether oxygens (including phenoxy) is 1. The number of fused-ring (bicyclic) bond motifs is 1. The third-order valence-corrected chi connectivity index (χ3v) is 2.64. The Morgan fingerprint density at radius 2 is 2.31 bits per heavy atom. The summed E-state index contributed by atoms with van der Waals surface area (Å²) in [7, 11) is 1.97. The highest BCUT2D eigenvalue weighted by Gasteiger charge is 2.18. The Morgan fingerprint density at radius 1 is 1.46 bits per heavy atom. The lowest BCUT2D eigenvalue weighted by Crippen LogP contribution is -2.13. The number of hydrogen-bond donors (Lipinski definition) is 1. The molecular formula is C11H15NO. The third kappa shape index (κ3) is 1.42. The lowest BCUT2D eigenvalue weighted by Gasteiger charge is -2.14. The van der Waals surface area contributed by atoms with Crippen molar-refractivity contribution in [1.82, 2.24) is 5.32 Å². The van der Waals surface area contributed by atoms with Crippen molar-refractivity contribution >= 4 is 0 Å². The molecule has 0 bridgehead atoms. The molecule has 1 heterocycles. The predicted molar refractivity (Wildman–Crippen MR) is 53.1 cm³/mol. The Morgan fingerprint density at radius 3 is 3.08 bits per heavy atom. The minimum Gasteiger partial charge on any atom is -0.493 e. The first-order chi connectivity index (χ1) is 6.33. The molecule has 0 amide bonds. The second-order valence-electron chi connectivity index (χ2n) is 3.44. The Hall–Kier alpha value is -1.02. The minimum absolute atomic E-state index is 0.369. The molecule has 0 fully saturated rings. The summed E-state index contributed by atoms with van der Waals surface area (Å²) in [6.45, 7) is 2.99. The summed E-state index contributed by atoms with van der Waals surface area (Å²) < 4.78 is 5.61. The molecule has 1 aromatic carbocycles. The molecule has 0 aromatic heterocycles. The van der Waals surface area contributed by atoms with Gasteiger partial charge in [0.25, 0.3) is 0 Å². The first-order valence-corrected chi connectivity index (χ1v) is 4.75. The molecule has 1 N–H and O–H groups in total. The summed E-state index contributed by atoms with van der Waals surface area (Å²) in [5.74, 6) is 1.10. The molecule has 1 unspecified atom stereocenters. The van der Waals surface area contributed by atoms with E-state index < -0.39 is 0 Å². The molecule has 0 spiro atoms. The molecule has 2 nitrogen and oxygen atoms in total. The molecule has 1 aromatic rings. The summed E-state index contributed by atoms with van der Waals surface area (Å²) >= 11 is 0. The van der Waals surface area contributed by atoms with Gasteiger partial charge in [0.15, 0.2) is 0 Å². The van der Waals surface area contributed by atoms with Crippen molar-refractivity contribution in [1.29, 1.82) is 0 Å². The van der Waals surface area contributed by atoms with Gasteiger partial charge in [-0.25, -0.2) is 0 Å². The van der Waals surface area contributed by atoms with E-state index in [4.69, 9.17) is 4.74 Å². The SMILES string of the molecule is CNC(C)c1cccc2c1OCC2. The van der Waals surface area contributed by atoms with Gasteiger partial charge in [-0.1, -0.05) is 18.2 Å². The van der Waals surface area contributed by atoms with E-state index in [1.807, 2.05) is 7.05 Å². The van der Waals surface area contributed by atoms with Crippen LogP contribution in [0.1, 0.15) is 24.1 Å². The first kappa shape index (κ1) is 8.57. The molecule has 1 aliphatic heterocycles. The standard InChI is InChI=1S/C11H15NO/c1-8(12-2)10-5-3-4-9-6-7-13-11(9)10/h3-5,8,12H,6-7H2,1-2H3. The van der Waals surface area contributed by atoms with Crippen LogP contribution in [0.25, 0.3) is 0 Å². The van der Waals surface area contributed by atoms with Crippen molar-refractivity contribution in [2.45, 2.75) is 19.4 Å². The maximum absolute atomic E-state index is 5.61. The van der Waals surface area contributed by atoms with E-state index in [1.54, 1.807) is 0 Å². The van der Waals surface area contributed by atoms with E-state index in [0.29, 0.717) is 6.04 Å². The van der Waals surface area contributed by atoms with Crippen LogP contribution >= 0.6 is 0 Å². The molecule has 70 valence electrons. The number of para-hydroxylation sites is 1. The number of hydrogen-bond acceptors (Lipinski definition) is 2. The fraction of sp³-hybridized carbons (Fsp3) is 0.455. The largest absolute Gasteiger partial charge is 0.493 e. The maximum atomic E-state index is 5.61. The number of nitrogens with one attached hydrogen (secondary N) is 1. The van der Waals surface area contributed by atoms with Crippen molar-refractivity contribution in [2.24, 2.45) is 0 Å². The van der Waals surface area contributed by atoms with Crippen molar-refractivity contribution < 1.29 is 4.74 Å². The van der Waals surface area contributed by atoms with Gasteiger partial charge >= 0.3 is 0 Å².